The summed E-state index contributed by atoms with van der Waals surface area (Å²) in [4.78, 5) is 11.7. The molecule has 0 unspecified atom stereocenters. The van der Waals surface area contributed by atoms with Crippen LogP contribution >= 0.6 is 0 Å². The zero-order valence-electron chi connectivity index (χ0n) is 12.7. The van der Waals surface area contributed by atoms with E-state index in [1.165, 1.54) is 0 Å². The van der Waals surface area contributed by atoms with Crippen LogP contribution in [0, 0.1) is 6.92 Å². The molecule has 0 aromatic heterocycles. The van der Waals surface area contributed by atoms with Crippen molar-refractivity contribution in [3.05, 3.63) is 29.3 Å². The Kier molecular flexibility index (Phi) is 5.07. The SMILES string of the molecule is CCOc1ccc(CNC(=O)NCC2(O)CCC2)cc1C. The van der Waals surface area contributed by atoms with Crippen molar-refractivity contribution in [1.29, 1.82) is 0 Å². The number of amides is 2. The third kappa shape index (κ3) is 4.36. The van der Waals surface area contributed by atoms with Crippen molar-refractivity contribution in [3.8, 4) is 5.75 Å². The number of aryl methyl sites for hydroxylation is 1. The quantitative estimate of drug-likeness (QED) is 0.752. The number of carbonyl (C=O) groups excluding carboxylic acids is 1. The number of hydrogen-bond donors (Lipinski definition) is 3. The molecule has 1 aromatic rings. The zero-order valence-corrected chi connectivity index (χ0v) is 12.7. The summed E-state index contributed by atoms with van der Waals surface area (Å²) in [6.07, 6.45) is 2.57. The van der Waals surface area contributed by atoms with Gasteiger partial charge >= 0.3 is 6.03 Å². The first-order valence-electron chi connectivity index (χ1n) is 7.49. The van der Waals surface area contributed by atoms with Crippen LogP contribution < -0.4 is 15.4 Å². The number of benzene rings is 1. The highest BCUT2D eigenvalue weighted by Crippen LogP contribution is 2.30. The van der Waals surface area contributed by atoms with Gasteiger partial charge in [-0.25, -0.2) is 4.79 Å². The Morgan fingerprint density at radius 3 is 2.71 bits per heavy atom. The summed E-state index contributed by atoms with van der Waals surface area (Å²) in [5, 5.41) is 15.4. The maximum atomic E-state index is 11.7. The van der Waals surface area contributed by atoms with E-state index < -0.39 is 5.60 Å². The molecule has 5 heteroatoms. The van der Waals surface area contributed by atoms with E-state index >= 15 is 0 Å². The fraction of sp³-hybridized carbons (Fsp3) is 0.562. The molecule has 0 aliphatic heterocycles. The number of hydrogen-bond acceptors (Lipinski definition) is 3. The van der Waals surface area contributed by atoms with E-state index in [1.54, 1.807) is 0 Å². The van der Waals surface area contributed by atoms with E-state index in [2.05, 4.69) is 10.6 Å². The van der Waals surface area contributed by atoms with Crippen LogP contribution in [0.1, 0.15) is 37.3 Å². The Morgan fingerprint density at radius 2 is 2.14 bits per heavy atom. The van der Waals surface area contributed by atoms with E-state index in [-0.39, 0.29) is 6.03 Å². The first-order chi connectivity index (χ1) is 10.0. The molecule has 21 heavy (non-hydrogen) atoms. The first-order valence-corrected chi connectivity index (χ1v) is 7.49. The molecule has 1 aliphatic rings. The molecule has 0 atom stereocenters. The molecule has 116 valence electrons. The van der Waals surface area contributed by atoms with Gasteiger partial charge in [0.1, 0.15) is 5.75 Å². The number of nitrogens with one attached hydrogen (secondary N) is 2. The Bertz CT molecular complexity index is 498. The summed E-state index contributed by atoms with van der Waals surface area (Å²) >= 11 is 0. The van der Waals surface area contributed by atoms with Crippen molar-refractivity contribution in [3.63, 3.8) is 0 Å². The molecule has 3 N–H and O–H groups in total. The van der Waals surface area contributed by atoms with Gasteiger partial charge in [-0.05, 0) is 50.3 Å². The van der Waals surface area contributed by atoms with E-state index in [4.69, 9.17) is 4.74 Å². The third-order valence-corrected chi connectivity index (χ3v) is 3.85. The van der Waals surface area contributed by atoms with E-state index in [9.17, 15) is 9.90 Å². The average Bonchev–Trinajstić information content (AvgIpc) is 2.43. The van der Waals surface area contributed by atoms with Gasteiger partial charge in [0.05, 0.1) is 12.2 Å². The minimum absolute atomic E-state index is 0.248. The molecule has 1 aromatic carbocycles. The van der Waals surface area contributed by atoms with Crippen LogP contribution in [0.25, 0.3) is 0 Å². The van der Waals surface area contributed by atoms with Gasteiger partial charge in [-0.2, -0.15) is 0 Å². The lowest BCUT2D eigenvalue weighted by atomic mass is 9.80. The molecule has 1 fully saturated rings. The molecular weight excluding hydrogens is 268 g/mol. The maximum Gasteiger partial charge on any atom is 0.315 e. The zero-order chi connectivity index (χ0) is 15.3. The van der Waals surface area contributed by atoms with Gasteiger partial charge in [-0.3, -0.25) is 0 Å². The Labute approximate surface area is 125 Å². The standard InChI is InChI=1S/C16H24N2O3/c1-3-21-14-6-5-13(9-12(14)2)10-17-15(19)18-11-16(20)7-4-8-16/h5-6,9,20H,3-4,7-8,10-11H2,1-2H3,(H2,17,18,19). The van der Waals surface area contributed by atoms with Crippen LogP contribution in [-0.4, -0.2) is 29.9 Å². The summed E-state index contributed by atoms with van der Waals surface area (Å²) in [6, 6.07) is 5.62. The van der Waals surface area contributed by atoms with Crippen molar-refractivity contribution >= 4 is 6.03 Å². The van der Waals surface area contributed by atoms with Gasteiger partial charge in [0.25, 0.3) is 0 Å². The van der Waals surface area contributed by atoms with E-state index in [0.29, 0.717) is 19.7 Å². The predicted octanol–water partition coefficient (Wildman–Crippen LogP) is 2.11. The molecule has 0 heterocycles. The van der Waals surface area contributed by atoms with Crippen molar-refractivity contribution in [2.75, 3.05) is 13.2 Å². The Hall–Kier alpha value is -1.75. The fourth-order valence-corrected chi connectivity index (χ4v) is 2.39. The van der Waals surface area contributed by atoms with Gasteiger partial charge in [-0.15, -0.1) is 0 Å². The van der Waals surface area contributed by atoms with Crippen LogP contribution in [0.4, 0.5) is 4.79 Å². The van der Waals surface area contributed by atoms with E-state index in [1.807, 2.05) is 32.0 Å². The van der Waals surface area contributed by atoms with E-state index in [0.717, 1.165) is 36.1 Å². The molecule has 0 spiro atoms. The second kappa shape index (κ2) is 6.80. The van der Waals surface area contributed by atoms with Crippen molar-refractivity contribution < 1.29 is 14.6 Å². The molecule has 1 saturated carbocycles. The van der Waals surface area contributed by atoms with Crippen molar-refractivity contribution in [1.82, 2.24) is 10.6 Å². The minimum atomic E-state index is -0.687. The number of urea groups is 1. The van der Waals surface area contributed by atoms with Crippen molar-refractivity contribution in [2.24, 2.45) is 0 Å². The molecule has 5 nitrogen and oxygen atoms in total. The number of carbonyl (C=O) groups is 1. The monoisotopic (exact) mass is 292 g/mol. The summed E-state index contributed by atoms with van der Waals surface area (Å²) < 4.78 is 5.48. The Morgan fingerprint density at radius 1 is 1.38 bits per heavy atom. The molecule has 1 aliphatic carbocycles. The van der Waals surface area contributed by atoms with Crippen LogP contribution in [0.15, 0.2) is 18.2 Å². The molecule has 2 rings (SSSR count). The topological polar surface area (TPSA) is 70.6 Å². The van der Waals surface area contributed by atoms with Crippen LogP contribution in [0.5, 0.6) is 5.75 Å². The minimum Gasteiger partial charge on any atom is -0.494 e. The maximum absolute atomic E-state index is 11.7. The van der Waals surface area contributed by atoms with Crippen LogP contribution in [0.3, 0.4) is 0 Å². The van der Waals surface area contributed by atoms with Gasteiger partial charge in [0.15, 0.2) is 0 Å². The largest absolute Gasteiger partial charge is 0.494 e. The molecule has 0 saturated heterocycles. The normalized spacial score (nSPS) is 16.0. The van der Waals surface area contributed by atoms with Gasteiger partial charge in [-0.1, -0.05) is 12.1 Å². The number of ether oxygens (including phenoxy) is 1. The Balaban J connectivity index is 1.76. The highest BCUT2D eigenvalue weighted by Gasteiger charge is 2.34. The molecule has 0 radical (unpaired) electrons. The van der Waals surface area contributed by atoms with Gasteiger partial charge in [0.2, 0.25) is 0 Å². The highest BCUT2D eigenvalue weighted by atomic mass is 16.5. The first kappa shape index (κ1) is 15.6. The second-order valence-corrected chi connectivity index (χ2v) is 5.65. The highest BCUT2D eigenvalue weighted by molar-refractivity contribution is 5.73. The lowest BCUT2D eigenvalue weighted by molar-refractivity contribution is -0.0290. The van der Waals surface area contributed by atoms with Gasteiger partial charge in [0, 0.05) is 13.1 Å². The molecule has 0 bridgehead atoms. The lowest BCUT2D eigenvalue weighted by Crippen LogP contribution is -2.49. The third-order valence-electron chi connectivity index (χ3n) is 3.85. The average molecular weight is 292 g/mol. The predicted molar refractivity (Wildman–Crippen MR) is 81.4 cm³/mol. The summed E-state index contributed by atoms with van der Waals surface area (Å²) in [5.41, 5.74) is 1.39. The fourth-order valence-electron chi connectivity index (χ4n) is 2.39. The number of aliphatic hydroxyl groups is 1. The van der Waals surface area contributed by atoms with Crippen LogP contribution in [0.2, 0.25) is 0 Å². The van der Waals surface area contributed by atoms with Crippen LogP contribution in [-0.2, 0) is 6.54 Å². The molecule has 2 amide bonds. The van der Waals surface area contributed by atoms with Gasteiger partial charge < -0.3 is 20.5 Å². The van der Waals surface area contributed by atoms with Crippen molar-refractivity contribution in [2.45, 2.75) is 45.3 Å². The molecular formula is C16H24N2O3. The summed E-state index contributed by atoms with van der Waals surface area (Å²) in [7, 11) is 0. The summed E-state index contributed by atoms with van der Waals surface area (Å²) in [6.45, 7) is 5.36. The summed E-state index contributed by atoms with van der Waals surface area (Å²) in [5.74, 6) is 0.873. The smallest absolute Gasteiger partial charge is 0.315 e. The number of rotatable bonds is 6. The lowest BCUT2D eigenvalue weighted by Gasteiger charge is -2.36. The second-order valence-electron chi connectivity index (χ2n) is 5.65.